The van der Waals surface area contributed by atoms with Crippen LogP contribution in [0.4, 0.5) is 17.1 Å². The summed E-state index contributed by atoms with van der Waals surface area (Å²) in [5.74, 6) is -0.981. The Hall–Kier alpha value is -1.15. The molecule has 0 radical (unpaired) electrons. The molecule has 2 unspecified atom stereocenters. The van der Waals surface area contributed by atoms with Gasteiger partial charge in [0.15, 0.2) is 7.60 Å². The summed E-state index contributed by atoms with van der Waals surface area (Å²) in [4.78, 5) is 12.6. The third kappa shape index (κ3) is 7.24. The van der Waals surface area contributed by atoms with Crippen LogP contribution >= 0.6 is 7.60 Å². The molecule has 1 N–H and O–H groups in total. The van der Waals surface area contributed by atoms with Crippen LogP contribution in [-0.4, -0.2) is 6.61 Å². The molecular formula is C21H21KN3O3P. The number of nitrogens with one attached hydrogen (secondary N) is 1. The van der Waals surface area contributed by atoms with Crippen molar-refractivity contribution in [1.29, 1.82) is 0 Å². The number of hydrogen-bond acceptors (Lipinski definition) is 6. The van der Waals surface area contributed by atoms with Crippen molar-refractivity contribution in [3.8, 4) is 0 Å². The van der Waals surface area contributed by atoms with E-state index in [2.05, 4.69) is 15.5 Å². The van der Waals surface area contributed by atoms with Crippen LogP contribution in [0.2, 0.25) is 0 Å². The largest absolute Gasteiger partial charge is 1.00 e. The maximum absolute atomic E-state index is 12.6. The van der Waals surface area contributed by atoms with E-state index in [-0.39, 0.29) is 58.0 Å². The quantitative estimate of drug-likeness (QED) is 0.336. The molecule has 144 valence electrons. The van der Waals surface area contributed by atoms with Crippen LogP contribution in [0.15, 0.2) is 95.2 Å². The predicted octanol–water partition coefficient (Wildman–Crippen LogP) is 2.81. The van der Waals surface area contributed by atoms with E-state index in [4.69, 9.17) is 4.52 Å². The zero-order chi connectivity index (χ0) is 19.8. The Bertz CT molecular complexity index is 954. The van der Waals surface area contributed by atoms with Crippen LogP contribution in [0.1, 0.15) is 18.3 Å². The van der Waals surface area contributed by atoms with Crippen molar-refractivity contribution in [3.05, 3.63) is 90.5 Å². The van der Waals surface area contributed by atoms with E-state index in [0.29, 0.717) is 16.9 Å². The van der Waals surface area contributed by atoms with Gasteiger partial charge in [0.2, 0.25) is 0 Å². The first-order valence-electron chi connectivity index (χ1n) is 8.92. The molecule has 0 heterocycles. The monoisotopic (exact) mass is 433 g/mol. The van der Waals surface area contributed by atoms with Gasteiger partial charge in [-0.3, -0.25) is 0 Å². The molecule has 2 atom stereocenters. The molecule has 0 saturated heterocycles. The van der Waals surface area contributed by atoms with Crippen molar-refractivity contribution in [2.75, 3.05) is 11.9 Å². The van der Waals surface area contributed by atoms with Crippen molar-refractivity contribution in [2.24, 2.45) is 10.2 Å². The molecule has 0 spiro atoms. The standard InChI is InChI=1S/C21H22N3O3P.K/c1-2-27-28(25,26)21(17-9-5-3-6-10-17)22-18-13-15-20(16-14-18)24-23-19-11-7-4-8-12-19;/h3-16,21-22H,2H2,1H3,(H,25,26);/q;+1/p-1. The fourth-order valence-corrected chi connectivity index (χ4v) is 3.98. The Morgan fingerprint density at radius 3 is 1.97 bits per heavy atom. The molecule has 0 aliphatic rings. The second-order valence-electron chi connectivity index (χ2n) is 6.00. The molecule has 3 aromatic carbocycles. The Labute approximate surface area is 213 Å². The topological polar surface area (TPSA) is 86.1 Å². The van der Waals surface area contributed by atoms with Gasteiger partial charge in [0, 0.05) is 5.69 Å². The molecule has 0 amide bonds. The third-order valence-electron chi connectivity index (χ3n) is 3.95. The second kappa shape index (κ2) is 11.9. The van der Waals surface area contributed by atoms with Gasteiger partial charge in [-0.25, -0.2) is 0 Å². The minimum Gasteiger partial charge on any atom is -0.777 e. The summed E-state index contributed by atoms with van der Waals surface area (Å²) < 4.78 is 17.6. The zero-order valence-electron chi connectivity index (χ0n) is 16.4. The summed E-state index contributed by atoms with van der Waals surface area (Å²) in [7, 11) is -4.16. The molecule has 3 rings (SSSR count). The van der Waals surface area contributed by atoms with Crippen molar-refractivity contribution < 1.29 is 65.4 Å². The van der Waals surface area contributed by atoms with Crippen LogP contribution in [0.5, 0.6) is 0 Å². The number of rotatable bonds is 8. The molecule has 0 bridgehead atoms. The van der Waals surface area contributed by atoms with Gasteiger partial charge < -0.3 is 19.3 Å². The average Bonchev–Trinajstić information content (AvgIpc) is 2.72. The maximum atomic E-state index is 12.6. The smallest absolute Gasteiger partial charge is 0.777 e. The number of anilines is 1. The Morgan fingerprint density at radius 1 is 0.897 bits per heavy atom. The van der Waals surface area contributed by atoms with Gasteiger partial charge in [0.25, 0.3) is 0 Å². The number of nitrogens with zero attached hydrogens (tertiary/aromatic N) is 2. The van der Waals surface area contributed by atoms with Crippen LogP contribution < -0.4 is 61.6 Å². The summed E-state index contributed by atoms with van der Waals surface area (Å²) in [5, 5.41) is 11.4. The second-order valence-corrected chi connectivity index (χ2v) is 7.85. The summed E-state index contributed by atoms with van der Waals surface area (Å²) in [5.41, 5.74) is 2.68. The minimum atomic E-state index is -4.16. The van der Waals surface area contributed by atoms with E-state index in [0.717, 1.165) is 5.69 Å². The molecule has 0 fully saturated rings. The molecule has 0 aliphatic heterocycles. The molecule has 0 saturated carbocycles. The molecule has 6 nitrogen and oxygen atoms in total. The van der Waals surface area contributed by atoms with Crippen molar-refractivity contribution in [1.82, 2.24) is 0 Å². The normalized spacial score (nSPS) is 14.0. The van der Waals surface area contributed by atoms with Crippen molar-refractivity contribution in [3.63, 3.8) is 0 Å². The van der Waals surface area contributed by atoms with Crippen molar-refractivity contribution >= 4 is 24.7 Å². The van der Waals surface area contributed by atoms with E-state index >= 15 is 0 Å². The Kier molecular flexibility index (Phi) is 9.88. The molecule has 3 aromatic rings. The van der Waals surface area contributed by atoms with Crippen molar-refractivity contribution in [2.45, 2.75) is 12.7 Å². The first-order chi connectivity index (χ1) is 13.6. The van der Waals surface area contributed by atoms with Gasteiger partial charge in [-0.05, 0) is 48.9 Å². The van der Waals surface area contributed by atoms with Gasteiger partial charge in [0.05, 0.1) is 18.0 Å². The molecular weight excluding hydrogens is 412 g/mol. The molecule has 29 heavy (non-hydrogen) atoms. The first-order valence-corrected chi connectivity index (χ1v) is 10.5. The number of benzene rings is 3. The van der Waals surface area contributed by atoms with Gasteiger partial charge >= 0.3 is 51.4 Å². The van der Waals surface area contributed by atoms with Gasteiger partial charge in [-0.15, -0.1) is 0 Å². The zero-order valence-corrected chi connectivity index (χ0v) is 20.5. The van der Waals surface area contributed by atoms with Gasteiger partial charge in [-0.1, -0.05) is 48.5 Å². The Morgan fingerprint density at radius 2 is 1.41 bits per heavy atom. The van der Waals surface area contributed by atoms with Crippen LogP contribution in [0, 0.1) is 0 Å². The van der Waals surface area contributed by atoms with E-state index < -0.39 is 13.4 Å². The molecule has 0 aliphatic carbocycles. The molecule has 8 heteroatoms. The summed E-state index contributed by atoms with van der Waals surface area (Å²) in [6.07, 6.45) is 0. The summed E-state index contributed by atoms with van der Waals surface area (Å²) in [6.45, 7) is 1.74. The fourth-order valence-electron chi connectivity index (χ4n) is 2.63. The van der Waals surface area contributed by atoms with E-state index in [1.807, 2.05) is 36.4 Å². The van der Waals surface area contributed by atoms with Gasteiger partial charge in [-0.2, -0.15) is 10.2 Å². The number of hydrogen-bond donors (Lipinski definition) is 1. The van der Waals surface area contributed by atoms with Crippen LogP contribution in [-0.2, 0) is 9.09 Å². The molecule has 0 aromatic heterocycles. The minimum absolute atomic E-state index is 0. The van der Waals surface area contributed by atoms with E-state index in [9.17, 15) is 9.46 Å². The van der Waals surface area contributed by atoms with E-state index in [1.54, 1.807) is 55.5 Å². The van der Waals surface area contributed by atoms with E-state index in [1.165, 1.54) is 0 Å². The number of azo groups is 1. The maximum Gasteiger partial charge on any atom is 1.00 e. The SMILES string of the molecule is CCOP(=O)([O-])C(Nc1ccc(N=Nc2ccccc2)cc1)c1ccccc1.[K+]. The fraction of sp³-hybridized carbons (Fsp3) is 0.143. The average molecular weight is 433 g/mol. The third-order valence-corrected chi connectivity index (χ3v) is 5.63. The van der Waals surface area contributed by atoms with Crippen LogP contribution in [0.3, 0.4) is 0 Å². The van der Waals surface area contributed by atoms with Crippen LogP contribution in [0.25, 0.3) is 0 Å². The Balaban J connectivity index is 0.00000300. The summed E-state index contributed by atoms with van der Waals surface area (Å²) in [6, 6.07) is 25.4. The predicted molar refractivity (Wildman–Crippen MR) is 109 cm³/mol. The first kappa shape index (κ1) is 24.1. The summed E-state index contributed by atoms with van der Waals surface area (Å²) >= 11 is 0. The van der Waals surface area contributed by atoms with Gasteiger partial charge in [0.1, 0.15) is 5.78 Å².